The van der Waals surface area contributed by atoms with E-state index in [-0.39, 0.29) is 36.2 Å². The summed E-state index contributed by atoms with van der Waals surface area (Å²) in [4.78, 5) is 37.2. The van der Waals surface area contributed by atoms with Crippen LogP contribution in [-0.2, 0) is 28.6 Å². The third-order valence-electron chi connectivity index (χ3n) is 12.2. The van der Waals surface area contributed by atoms with Crippen LogP contribution in [0.2, 0.25) is 0 Å². The second kappa shape index (κ2) is 48.5. The average Bonchev–Trinajstić information content (AvgIpc) is 3.28. The van der Waals surface area contributed by atoms with Gasteiger partial charge in [0.25, 0.3) is 0 Å². The van der Waals surface area contributed by atoms with Crippen LogP contribution >= 0.6 is 0 Å². The molecule has 0 heterocycles. The molecule has 2 atom stereocenters. The molecule has 0 radical (unpaired) electrons. The summed E-state index contributed by atoms with van der Waals surface area (Å²) in [7, 11) is 5.54. The van der Waals surface area contributed by atoms with Crippen molar-refractivity contribution in [2.75, 3.05) is 41.0 Å². The summed E-state index contributed by atoms with van der Waals surface area (Å²) in [6.45, 7) is 4.64. The van der Waals surface area contributed by atoms with Crippen molar-refractivity contribution < 1.29 is 38.2 Å². The summed E-state index contributed by atoms with van der Waals surface area (Å²) >= 11 is 0. The molecule has 1 N–H and O–H groups in total. The summed E-state index contributed by atoms with van der Waals surface area (Å²) < 4.78 is 17.4. The zero-order valence-electron chi connectivity index (χ0n) is 43.6. The van der Waals surface area contributed by atoms with Gasteiger partial charge in [0.1, 0.15) is 6.61 Å². The number of likely N-dealkylation sites (N-methyl/N-ethyl adjacent to an activating group) is 1. The van der Waals surface area contributed by atoms with E-state index < -0.39 is 18.1 Å². The third kappa shape index (κ3) is 46.2. The molecule has 0 saturated carbocycles. The van der Waals surface area contributed by atoms with Crippen molar-refractivity contribution >= 4 is 17.9 Å². The molecule has 0 aromatic carbocycles. The molecule has 0 bridgehead atoms. The molecule has 0 fully saturated rings. The molecular formula is C58H104NO7+. The van der Waals surface area contributed by atoms with Crippen molar-refractivity contribution in [1.29, 1.82) is 0 Å². The lowest BCUT2D eigenvalue weighted by molar-refractivity contribution is -0.887. The van der Waals surface area contributed by atoms with Crippen molar-refractivity contribution in [3.8, 4) is 0 Å². The molecule has 8 nitrogen and oxygen atoms in total. The molecule has 0 aromatic rings. The Labute approximate surface area is 407 Å². The van der Waals surface area contributed by atoms with Gasteiger partial charge in [-0.2, -0.15) is 0 Å². The molecule has 0 amide bonds. The standard InChI is InChI=1S/C58H103NO7/c1-6-8-10-12-14-16-18-20-22-24-26-27-28-29-31-33-35-37-39-41-43-45-47-49-57(61)66-54(52-64-51-50-55(58(62)63)59(3,4)5)53-65-56(60)48-46-44-42-40-38-36-34-32-30-25-23-21-19-17-15-13-11-9-7-2/h8,10,14,16,20,22,25-27,30,54-55H,6-7,9,11-13,15,17-19,21,23-24,28-29,31-53H2,1-5H3/p+1/b10-8+,16-14+,22-20+,27-26+,30-25+. The van der Waals surface area contributed by atoms with E-state index in [4.69, 9.17) is 14.2 Å². The molecule has 0 aliphatic carbocycles. The highest BCUT2D eigenvalue weighted by Crippen LogP contribution is 2.16. The Morgan fingerprint density at radius 3 is 1.27 bits per heavy atom. The summed E-state index contributed by atoms with van der Waals surface area (Å²) in [6.07, 6.45) is 61.3. The Morgan fingerprint density at radius 1 is 0.470 bits per heavy atom. The number of hydrogen-bond donors (Lipinski definition) is 1. The van der Waals surface area contributed by atoms with Crippen molar-refractivity contribution in [1.82, 2.24) is 0 Å². The molecule has 0 aromatic heterocycles. The van der Waals surface area contributed by atoms with Gasteiger partial charge in [0.15, 0.2) is 12.1 Å². The number of allylic oxidation sites excluding steroid dienone is 10. The number of ether oxygens (including phenoxy) is 3. The highest BCUT2D eigenvalue weighted by atomic mass is 16.6. The molecule has 382 valence electrons. The van der Waals surface area contributed by atoms with Gasteiger partial charge in [0, 0.05) is 19.3 Å². The van der Waals surface area contributed by atoms with Gasteiger partial charge in [-0.15, -0.1) is 0 Å². The molecule has 0 spiro atoms. The molecular weight excluding hydrogens is 823 g/mol. The fourth-order valence-corrected chi connectivity index (χ4v) is 7.96. The molecule has 0 aliphatic heterocycles. The van der Waals surface area contributed by atoms with Gasteiger partial charge in [-0.05, 0) is 77.0 Å². The van der Waals surface area contributed by atoms with Crippen LogP contribution in [0, 0.1) is 0 Å². The van der Waals surface area contributed by atoms with Crippen molar-refractivity contribution in [2.24, 2.45) is 0 Å². The Balaban J connectivity index is 4.22. The molecule has 0 saturated heterocycles. The van der Waals surface area contributed by atoms with E-state index in [2.05, 4.69) is 74.6 Å². The second-order valence-corrected chi connectivity index (χ2v) is 19.5. The number of quaternary nitrogens is 1. The Bertz CT molecular complexity index is 1260. The number of hydrogen-bond acceptors (Lipinski definition) is 6. The number of carboxylic acid groups (broad SMARTS) is 1. The summed E-state index contributed by atoms with van der Waals surface area (Å²) in [5.41, 5.74) is 0. The molecule has 66 heavy (non-hydrogen) atoms. The number of carboxylic acids is 1. The highest BCUT2D eigenvalue weighted by molar-refractivity contribution is 5.72. The number of carbonyl (C=O) groups is 3. The van der Waals surface area contributed by atoms with Crippen LogP contribution in [-0.4, -0.2) is 80.6 Å². The minimum absolute atomic E-state index is 0.0553. The normalized spacial score (nSPS) is 13.3. The first kappa shape index (κ1) is 63.0. The van der Waals surface area contributed by atoms with Gasteiger partial charge >= 0.3 is 17.9 Å². The van der Waals surface area contributed by atoms with Gasteiger partial charge in [-0.1, -0.05) is 203 Å². The van der Waals surface area contributed by atoms with Gasteiger partial charge < -0.3 is 23.8 Å². The first-order chi connectivity index (χ1) is 32.1. The van der Waals surface area contributed by atoms with E-state index in [1.54, 1.807) is 0 Å². The van der Waals surface area contributed by atoms with E-state index >= 15 is 0 Å². The van der Waals surface area contributed by atoms with Crippen LogP contribution in [0.25, 0.3) is 0 Å². The maximum absolute atomic E-state index is 12.8. The van der Waals surface area contributed by atoms with E-state index in [0.29, 0.717) is 19.3 Å². The number of carbonyl (C=O) groups excluding carboxylic acids is 2. The number of aliphatic carboxylic acids is 1. The fraction of sp³-hybridized carbons (Fsp3) is 0.776. The zero-order chi connectivity index (χ0) is 48.4. The highest BCUT2D eigenvalue weighted by Gasteiger charge is 2.31. The van der Waals surface area contributed by atoms with Crippen LogP contribution in [0.5, 0.6) is 0 Å². The first-order valence-electron chi connectivity index (χ1n) is 27.3. The minimum atomic E-state index is -0.876. The monoisotopic (exact) mass is 927 g/mol. The van der Waals surface area contributed by atoms with Gasteiger partial charge in [-0.25, -0.2) is 4.79 Å². The second-order valence-electron chi connectivity index (χ2n) is 19.5. The van der Waals surface area contributed by atoms with Crippen LogP contribution in [0.3, 0.4) is 0 Å². The molecule has 8 heteroatoms. The van der Waals surface area contributed by atoms with E-state index in [9.17, 15) is 19.5 Å². The predicted molar refractivity (Wildman–Crippen MR) is 280 cm³/mol. The summed E-state index contributed by atoms with van der Waals surface area (Å²) in [6, 6.07) is -0.618. The fourth-order valence-electron chi connectivity index (χ4n) is 7.96. The van der Waals surface area contributed by atoms with Crippen LogP contribution in [0.1, 0.15) is 239 Å². The van der Waals surface area contributed by atoms with Gasteiger partial charge in [-0.3, -0.25) is 9.59 Å². The molecule has 2 unspecified atom stereocenters. The largest absolute Gasteiger partial charge is 0.477 e. The van der Waals surface area contributed by atoms with E-state index in [1.165, 1.54) is 141 Å². The number of nitrogens with zero attached hydrogens (tertiary/aromatic N) is 1. The summed E-state index contributed by atoms with van der Waals surface area (Å²) in [5.74, 6) is -1.47. The Morgan fingerprint density at radius 2 is 0.848 bits per heavy atom. The van der Waals surface area contributed by atoms with Gasteiger partial charge in [0.2, 0.25) is 0 Å². The van der Waals surface area contributed by atoms with Crippen LogP contribution in [0.15, 0.2) is 60.8 Å². The van der Waals surface area contributed by atoms with Crippen LogP contribution in [0.4, 0.5) is 0 Å². The Kier molecular flexibility index (Phi) is 46.3. The SMILES string of the molecule is CC/C=C/C/C=C/C/C=C/C/C=C/CCCCCCCCCCCCC(=O)OC(COCCC(C(=O)O)[N+](C)(C)C)COC(=O)CCCCCCCCC/C=C/CCCCCCCCCC. The minimum Gasteiger partial charge on any atom is -0.477 e. The maximum Gasteiger partial charge on any atom is 0.362 e. The van der Waals surface area contributed by atoms with E-state index in [1.807, 2.05) is 21.1 Å². The molecule has 0 aliphatic rings. The topological polar surface area (TPSA) is 99.1 Å². The van der Waals surface area contributed by atoms with Crippen LogP contribution < -0.4 is 0 Å². The van der Waals surface area contributed by atoms with E-state index in [0.717, 1.165) is 64.2 Å². The Hall–Kier alpha value is -2.97. The number of unbranched alkanes of at least 4 members (excludes halogenated alkanes) is 25. The lowest BCUT2D eigenvalue weighted by atomic mass is 10.0. The smallest absolute Gasteiger partial charge is 0.362 e. The lowest BCUT2D eigenvalue weighted by Gasteiger charge is -2.31. The van der Waals surface area contributed by atoms with Crippen molar-refractivity contribution in [3.63, 3.8) is 0 Å². The maximum atomic E-state index is 12.8. The summed E-state index contributed by atoms with van der Waals surface area (Å²) in [5, 5.41) is 9.67. The quantitative estimate of drug-likeness (QED) is 0.0281. The first-order valence-corrected chi connectivity index (χ1v) is 27.3. The lowest BCUT2D eigenvalue weighted by Crippen LogP contribution is -2.50. The van der Waals surface area contributed by atoms with Gasteiger partial charge in [0.05, 0.1) is 34.4 Å². The zero-order valence-corrected chi connectivity index (χ0v) is 43.6. The number of rotatable bonds is 49. The molecule has 0 rings (SSSR count). The predicted octanol–water partition coefficient (Wildman–Crippen LogP) is 16.1. The van der Waals surface area contributed by atoms with Crippen molar-refractivity contribution in [2.45, 2.75) is 251 Å². The average molecular weight is 927 g/mol. The third-order valence-corrected chi connectivity index (χ3v) is 12.2. The number of esters is 2. The van der Waals surface area contributed by atoms with Crippen molar-refractivity contribution in [3.05, 3.63) is 60.8 Å².